The summed E-state index contributed by atoms with van der Waals surface area (Å²) < 4.78 is 34.2. The molecule has 4 aromatic rings. The molecule has 0 unspecified atom stereocenters. The van der Waals surface area contributed by atoms with Crippen molar-refractivity contribution in [2.45, 2.75) is 17.1 Å². The van der Waals surface area contributed by atoms with Crippen LogP contribution in [0.1, 0.15) is 22.3 Å². The third kappa shape index (κ3) is 3.77. The SMILES string of the molecule is Fc1ccccc1[C@@]12COC[C@@H]1[C@@H](COC(c1ccccc1)(c1ccccc1)c1ccccc1)OC2. The predicted octanol–water partition coefficient (Wildman–Crippen LogP) is 6.12. The first-order chi connectivity index (χ1) is 17.7. The first-order valence-corrected chi connectivity index (χ1v) is 12.5. The molecule has 6 rings (SSSR count). The summed E-state index contributed by atoms with van der Waals surface area (Å²) in [5.41, 5.74) is 2.50. The highest BCUT2D eigenvalue weighted by molar-refractivity contribution is 5.47. The summed E-state index contributed by atoms with van der Waals surface area (Å²) in [6.07, 6.45) is -0.220. The summed E-state index contributed by atoms with van der Waals surface area (Å²) in [7, 11) is 0. The summed E-state index contributed by atoms with van der Waals surface area (Å²) in [5, 5.41) is 0. The van der Waals surface area contributed by atoms with Crippen LogP contribution >= 0.6 is 0 Å². The highest BCUT2D eigenvalue weighted by Crippen LogP contribution is 2.48. The first-order valence-electron chi connectivity index (χ1n) is 12.5. The van der Waals surface area contributed by atoms with Crippen LogP contribution in [0.3, 0.4) is 0 Å². The van der Waals surface area contributed by atoms with Crippen molar-refractivity contribution in [3.05, 3.63) is 143 Å². The molecule has 0 spiro atoms. The zero-order chi connectivity index (χ0) is 24.4. The lowest BCUT2D eigenvalue weighted by molar-refractivity contribution is -0.0616. The molecule has 0 bridgehead atoms. The van der Waals surface area contributed by atoms with Gasteiger partial charge in [0.2, 0.25) is 0 Å². The van der Waals surface area contributed by atoms with Crippen LogP contribution in [-0.4, -0.2) is 32.5 Å². The van der Waals surface area contributed by atoms with Gasteiger partial charge in [-0.25, -0.2) is 4.39 Å². The quantitative estimate of drug-likeness (QED) is 0.299. The second-order valence-corrected chi connectivity index (χ2v) is 9.70. The molecule has 36 heavy (non-hydrogen) atoms. The summed E-state index contributed by atoms with van der Waals surface area (Å²) in [5.74, 6) is -0.195. The van der Waals surface area contributed by atoms with Gasteiger partial charge in [0.15, 0.2) is 0 Å². The van der Waals surface area contributed by atoms with Crippen LogP contribution < -0.4 is 0 Å². The molecule has 2 saturated heterocycles. The van der Waals surface area contributed by atoms with Gasteiger partial charge in [-0.2, -0.15) is 0 Å². The van der Waals surface area contributed by atoms with Crippen LogP contribution in [0.4, 0.5) is 4.39 Å². The molecule has 0 amide bonds. The number of rotatable bonds is 7. The molecule has 2 aliphatic heterocycles. The molecule has 3 atom stereocenters. The van der Waals surface area contributed by atoms with E-state index in [-0.39, 0.29) is 17.8 Å². The molecule has 4 aromatic carbocycles. The molecular weight excluding hydrogens is 451 g/mol. The van der Waals surface area contributed by atoms with Crippen molar-refractivity contribution < 1.29 is 18.6 Å². The average Bonchev–Trinajstić information content (AvgIpc) is 3.52. The van der Waals surface area contributed by atoms with Crippen molar-refractivity contribution in [2.24, 2.45) is 5.92 Å². The largest absolute Gasteiger partial charge is 0.380 e. The van der Waals surface area contributed by atoms with Gasteiger partial charge in [0.1, 0.15) is 11.4 Å². The molecule has 2 fully saturated rings. The van der Waals surface area contributed by atoms with E-state index in [0.29, 0.717) is 32.0 Å². The fourth-order valence-corrected chi connectivity index (χ4v) is 5.98. The van der Waals surface area contributed by atoms with Gasteiger partial charge in [0.05, 0.1) is 37.9 Å². The van der Waals surface area contributed by atoms with E-state index in [4.69, 9.17) is 14.2 Å². The Bertz CT molecular complexity index is 1200. The summed E-state index contributed by atoms with van der Waals surface area (Å²) in [4.78, 5) is 0. The van der Waals surface area contributed by atoms with Crippen molar-refractivity contribution in [1.29, 1.82) is 0 Å². The standard InChI is InChI=1S/C32H29FO3/c33-29-19-11-10-18-27(29)31-22-34-20-28(31)30(35-23-31)21-36-32(24-12-4-1-5-13-24,25-14-6-2-7-15-25)26-16-8-3-9-17-26/h1-19,28,30H,20-23H2/t28-,30-,31+/m1/s1. The van der Waals surface area contributed by atoms with Gasteiger partial charge in [-0.05, 0) is 28.3 Å². The lowest BCUT2D eigenvalue weighted by Gasteiger charge is -2.37. The molecular formula is C32H29FO3. The fraction of sp³-hybridized carbons (Fsp3) is 0.250. The topological polar surface area (TPSA) is 27.7 Å². The van der Waals surface area contributed by atoms with Crippen molar-refractivity contribution in [1.82, 2.24) is 0 Å². The summed E-state index contributed by atoms with van der Waals surface area (Å²) in [6.45, 7) is 1.75. The van der Waals surface area contributed by atoms with E-state index in [1.165, 1.54) is 6.07 Å². The van der Waals surface area contributed by atoms with E-state index in [1.54, 1.807) is 6.07 Å². The third-order valence-corrected chi connectivity index (χ3v) is 7.79. The van der Waals surface area contributed by atoms with E-state index < -0.39 is 11.0 Å². The Morgan fingerprint density at radius 1 is 0.722 bits per heavy atom. The molecule has 0 N–H and O–H groups in total. The Kier molecular flexibility index (Phi) is 6.18. The molecule has 0 aromatic heterocycles. The van der Waals surface area contributed by atoms with Crippen LogP contribution in [0, 0.1) is 11.7 Å². The van der Waals surface area contributed by atoms with Crippen LogP contribution in [0.25, 0.3) is 0 Å². The number of benzene rings is 4. The van der Waals surface area contributed by atoms with Gasteiger partial charge in [0, 0.05) is 5.92 Å². The number of hydrogen-bond acceptors (Lipinski definition) is 3. The smallest absolute Gasteiger partial charge is 0.143 e. The van der Waals surface area contributed by atoms with Crippen molar-refractivity contribution in [2.75, 3.05) is 26.4 Å². The van der Waals surface area contributed by atoms with Crippen molar-refractivity contribution in [3.63, 3.8) is 0 Å². The monoisotopic (exact) mass is 480 g/mol. The Balaban J connectivity index is 1.39. The van der Waals surface area contributed by atoms with Crippen LogP contribution in [-0.2, 0) is 25.2 Å². The lowest BCUT2D eigenvalue weighted by Crippen LogP contribution is -2.40. The minimum absolute atomic E-state index is 0.00872. The van der Waals surface area contributed by atoms with E-state index in [2.05, 4.69) is 36.4 Å². The Labute approximate surface area is 211 Å². The van der Waals surface area contributed by atoms with Gasteiger partial charge in [-0.1, -0.05) is 109 Å². The highest BCUT2D eigenvalue weighted by Gasteiger charge is 2.56. The first kappa shape index (κ1) is 23.1. The zero-order valence-electron chi connectivity index (χ0n) is 20.1. The normalized spacial score (nSPS) is 23.5. The van der Waals surface area contributed by atoms with Gasteiger partial charge < -0.3 is 14.2 Å². The number of hydrogen-bond donors (Lipinski definition) is 0. The second-order valence-electron chi connectivity index (χ2n) is 9.70. The molecule has 4 heteroatoms. The fourth-order valence-electron chi connectivity index (χ4n) is 5.98. The van der Waals surface area contributed by atoms with Crippen LogP contribution in [0.2, 0.25) is 0 Å². The molecule has 2 aliphatic rings. The number of fused-ring (bicyclic) bond motifs is 1. The predicted molar refractivity (Wildman–Crippen MR) is 137 cm³/mol. The van der Waals surface area contributed by atoms with Crippen LogP contribution in [0.15, 0.2) is 115 Å². The van der Waals surface area contributed by atoms with Gasteiger partial charge >= 0.3 is 0 Å². The second kappa shape index (κ2) is 9.62. The third-order valence-electron chi connectivity index (χ3n) is 7.79. The molecule has 2 heterocycles. The zero-order valence-corrected chi connectivity index (χ0v) is 20.1. The number of ether oxygens (including phenoxy) is 3. The minimum Gasteiger partial charge on any atom is -0.380 e. The molecule has 182 valence electrons. The lowest BCUT2D eigenvalue weighted by atomic mass is 9.72. The van der Waals surface area contributed by atoms with Gasteiger partial charge in [-0.15, -0.1) is 0 Å². The average molecular weight is 481 g/mol. The molecule has 3 nitrogen and oxygen atoms in total. The van der Waals surface area contributed by atoms with Crippen molar-refractivity contribution in [3.8, 4) is 0 Å². The Morgan fingerprint density at radius 2 is 1.25 bits per heavy atom. The van der Waals surface area contributed by atoms with E-state index >= 15 is 0 Å². The number of halogens is 1. The van der Waals surface area contributed by atoms with Crippen LogP contribution in [0.5, 0.6) is 0 Å². The maximum Gasteiger partial charge on any atom is 0.143 e. The maximum absolute atomic E-state index is 14.9. The van der Waals surface area contributed by atoms with Gasteiger partial charge in [0.25, 0.3) is 0 Å². The Hall–Kier alpha value is -3.31. The molecule has 0 aliphatic carbocycles. The summed E-state index contributed by atoms with van der Waals surface area (Å²) >= 11 is 0. The highest BCUT2D eigenvalue weighted by atomic mass is 19.1. The molecule has 0 saturated carbocycles. The van der Waals surface area contributed by atoms with E-state index in [9.17, 15) is 4.39 Å². The molecule has 0 radical (unpaired) electrons. The van der Waals surface area contributed by atoms with E-state index in [0.717, 1.165) is 16.7 Å². The minimum atomic E-state index is -0.824. The summed E-state index contributed by atoms with van der Waals surface area (Å²) in [6, 6.07) is 38.0. The van der Waals surface area contributed by atoms with E-state index in [1.807, 2.05) is 66.7 Å². The Morgan fingerprint density at radius 3 is 1.81 bits per heavy atom. The van der Waals surface area contributed by atoms with Gasteiger partial charge in [-0.3, -0.25) is 0 Å². The maximum atomic E-state index is 14.9. The van der Waals surface area contributed by atoms with Crippen molar-refractivity contribution >= 4 is 0 Å².